The van der Waals surface area contributed by atoms with Gasteiger partial charge in [0, 0.05) is 6.20 Å². The molecule has 0 bridgehead atoms. The minimum atomic E-state index is -0.445. The van der Waals surface area contributed by atoms with Gasteiger partial charge in [-0.1, -0.05) is 11.6 Å². The number of nitrogens with zero attached hydrogens (tertiary/aromatic N) is 3. The molecule has 0 unspecified atom stereocenters. The van der Waals surface area contributed by atoms with E-state index in [-0.39, 0.29) is 16.7 Å². The molecule has 2 aromatic rings. The zero-order chi connectivity index (χ0) is 12.3. The van der Waals surface area contributed by atoms with Crippen LogP contribution in [0.4, 0.5) is 11.5 Å². The van der Waals surface area contributed by atoms with Crippen molar-refractivity contribution in [1.82, 2.24) is 15.2 Å². The second kappa shape index (κ2) is 4.75. The molecule has 6 nitrogen and oxygen atoms in total. The van der Waals surface area contributed by atoms with Crippen LogP contribution in [-0.4, -0.2) is 21.1 Å². The van der Waals surface area contributed by atoms with E-state index in [1.807, 2.05) is 0 Å². The fourth-order valence-corrected chi connectivity index (χ4v) is 1.27. The zero-order valence-electron chi connectivity index (χ0n) is 8.59. The average molecular weight is 250 g/mol. The summed E-state index contributed by atoms with van der Waals surface area (Å²) in [6, 6.07) is 6.29. The molecule has 1 amide bonds. The maximum Gasteiger partial charge on any atom is 0.277 e. The van der Waals surface area contributed by atoms with Crippen molar-refractivity contribution in [3.63, 3.8) is 0 Å². The van der Waals surface area contributed by atoms with E-state index in [0.29, 0.717) is 5.69 Å². The van der Waals surface area contributed by atoms with E-state index in [4.69, 9.17) is 17.3 Å². The maximum absolute atomic E-state index is 11.8. The standard InChI is InChI=1S/C10H8ClN5O/c11-7-3-4-8(16-15-7)14-10(17)9-6(12)2-1-5-13-9/h1-5H,12H2,(H,14,16,17). The van der Waals surface area contributed by atoms with Crippen molar-refractivity contribution >= 4 is 29.0 Å². The molecule has 2 heterocycles. The number of halogens is 1. The van der Waals surface area contributed by atoms with Gasteiger partial charge in [0.1, 0.15) is 0 Å². The highest BCUT2D eigenvalue weighted by Gasteiger charge is 2.11. The highest BCUT2D eigenvalue weighted by atomic mass is 35.5. The fraction of sp³-hybridized carbons (Fsp3) is 0. The third kappa shape index (κ3) is 2.67. The van der Waals surface area contributed by atoms with Crippen LogP contribution in [0.1, 0.15) is 10.5 Å². The molecular weight excluding hydrogens is 242 g/mol. The Morgan fingerprint density at radius 3 is 2.76 bits per heavy atom. The molecule has 86 valence electrons. The van der Waals surface area contributed by atoms with E-state index >= 15 is 0 Å². The summed E-state index contributed by atoms with van der Waals surface area (Å²) < 4.78 is 0. The molecule has 0 aliphatic rings. The second-order valence-electron chi connectivity index (χ2n) is 3.14. The molecular formula is C10H8ClN5O. The van der Waals surface area contributed by atoms with E-state index in [9.17, 15) is 4.79 Å². The second-order valence-corrected chi connectivity index (χ2v) is 3.52. The normalized spacial score (nSPS) is 9.94. The first kappa shape index (κ1) is 11.3. The van der Waals surface area contributed by atoms with Gasteiger partial charge in [-0.2, -0.15) is 0 Å². The first-order valence-electron chi connectivity index (χ1n) is 4.68. The lowest BCUT2D eigenvalue weighted by Gasteiger charge is -2.04. The van der Waals surface area contributed by atoms with E-state index in [2.05, 4.69) is 20.5 Å². The summed E-state index contributed by atoms with van der Waals surface area (Å²) in [5, 5.41) is 10.1. The predicted octanol–water partition coefficient (Wildman–Crippen LogP) is 1.36. The molecule has 2 rings (SSSR count). The summed E-state index contributed by atoms with van der Waals surface area (Å²) in [5.74, 6) is -0.163. The van der Waals surface area contributed by atoms with Crippen LogP contribution in [0.25, 0.3) is 0 Å². The van der Waals surface area contributed by atoms with Gasteiger partial charge in [-0.05, 0) is 24.3 Å². The molecule has 3 N–H and O–H groups in total. The molecule has 0 aromatic carbocycles. The van der Waals surface area contributed by atoms with Gasteiger partial charge in [-0.25, -0.2) is 4.98 Å². The fourth-order valence-electron chi connectivity index (χ4n) is 1.17. The molecule has 7 heteroatoms. The van der Waals surface area contributed by atoms with Crippen LogP contribution in [-0.2, 0) is 0 Å². The van der Waals surface area contributed by atoms with Crippen LogP contribution >= 0.6 is 11.6 Å². The van der Waals surface area contributed by atoms with Crippen molar-refractivity contribution < 1.29 is 4.79 Å². The third-order valence-electron chi connectivity index (χ3n) is 1.93. The summed E-state index contributed by atoms with van der Waals surface area (Å²) in [4.78, 5) is 15.6. The molecule has 0 aliphatic carbocycles. The zero-order valence-corrected chi connectivity index (χ0v) is 9.35. The Morgan fingerprint density at radius 2 is 2.12 bits per heavy atom. The number of hydrogen-bond donors (Lipinski definition) is 2. The first-order chi connectivity index (χ1) is 8.16. The van der Waals surface area contributed by atoms with Gasteiger partial charge in [-0.15, -0.1) is 10.2 Å². The molecule has 0 spiro atoms. The SMILES string of the molecule is Nc1cccnc1C(=O)Nc1ccc(Cl)nn1. The van der Waals surface area contributed by atoms with E-state index in [0.717, 1.165) is 0 Å². The van der Waals surface area contributed by atoms with Crippen LogP contribution in [0.5, 0.6) is 0 Å². The summed E-state index contributed by atoms with van der Waals surface area (Å²) in [6.07, 6.45) is 1.48. The van der Waals surface area contributed by atoms with Gasteiger partial charge in [0.25, 0.3) is 5.91 Å². The molecule has 0 saturated carbocycles. The summed E-state index contributed by atoms with van der Waals surface area (Å²) in [5.41, 5.74) is 6.06. The number of anilines is 2. The molecule has 2 aromatic heterocycles. The van der Waals surface area contributed by atoms with Gasteiger partial charge in [-0.3, -0.25) is 4.79 Å². The van der Waals surface area contributed by atoms with Crippen molar-refractivity contribution in [2.75, 3.05) is 11.1 Å². The van der Waals surface area contributed by atoms with E-state index in [1.54, 1.807) is 12.1 Å². The Bertz CT molecular complexity index is 543. The largest absolute Gasteiger partial charge is 0.397 e. The van der Waals surface area contributed by atoms with Crippen LogP contribution in [0.2, 0.25) is 5.15 Å². The topological polar surface area (TPSA) is 93.8 Å². The lowest BCUT2D eigenvalue weighted by Crippen LogP contribution is -2.16. The Kier molecular flexibility index (Phi) is 3.15. The number of aromatic nitrogens is 3. The number of amides is 1. The molecule has 0 saturated heterocycles. The van der Waals surface area contributed by atoms with Crippen LogP contribution in [0.15, 0.2) is 30.5 Å². The molecule has 0 atom stereocenters. The number of nitrogens with one attached hydrogen (secondary N) is 1. The number of pyridine rings is 1. The minimum Gasteiger partial charge on any atom is -0.397 e. The summed E-state index contributed by atoms with van der Waals surface area (Å²) in [6.45, 7) is 0. The number of rotatable bonds is 2. The van der Waals surface area contributed by atoms with Crippen molar-refractivity contribution in [3.05, 3.63) is 41.3 Å². The highest BCUT2D eigenvalue weighted by Crippen LogP contribution is 2.11. The smallest absolute Gasteiger partial charge is 0.277 e. The maximum atomic E-state index is 11.8. The van der Waals surface area contributed by atoms with Gasteiger partial charge in [0.05, 0.1) is 5.69 Å². The van der Waals surface area contributed by atoms with Gasteiger partial charge < -0.3 is 11.1 Å². The Balaban J connectivity index is 2.17. The predicted molar refractivity (Wildman–Crippen MR) is 63.6 cm³/mol. The average Bonchev–Trinajstić information content (AvgIpc) is 2.32. The van der Waals surface area contributed by atoms with Crippen molar-refractivity contribution in [3.8, 4) is 0 Å². The van der Waals surface area contributed by atoms with Crippen molar-refractivity contribution in [2.24, 2.45) is 0 Å². The van der Waals surface area contributed by atoms with E-state index < -0.39 is 5.91 Å². The summed E-state index contributed by atoms with van der Waals surface area (Å²) in [7, 11) is 0. The number of nitrogen functional groups attached to an aromatic ring is 1. The van der Waals surface area contributed by atoms with E-state index in [1.165, 1.54) is 18.3 Å². The molecule has 17 heavy (non-hydrogen) atoms. The molecule has 0 aliphatic heterocycles. The highest BCUT2D eigenvalue weighted by molar-refractivity contribution is 6.29. The first-order valence-corrected chi connectivity index (χ1v) is 5.05. The number of carbonyl (C=O) groups excluding carboxylic acids is 1. The Labute approximate surface area is 102 Å². The van der Waals surface area contributed by atoms with Gasteiger partial charge in [0.15, 0.2) is 16.7 Å². The molecule has 0 radical (unpaired) electrons. The van der Waals surface area contributed by atoms with Crippen molar-refractivity contribution in [1.29, 1.82) is 0 Å². The third-order valence-corrected chi connectivity index (χ3v) is 2.13. The van der Waals surface area contributed by atoms with Crippen LogP contribution in [0.3, 0.4) is 0 Å². The Morgan fingerprint density at radius 1 is 1.29 bits per heavy atom. The minimum absolute atomic E-state index is 0.143. The number of hydrogen-bond acceptors (Lipinski definition) is 5. The van der Waals surface area contributed by atoms with Crippen LogP contribution < -0.4 is 11.1 Å². The number of carbonyl (C=O) groups is 1. The number of nitrogens with two attached hydrogens (primary N) is 1. The van der Waals surface area contributed by atoms with Crippen molar-refractivity contribution in [2.45, 2.75) is 0 Å². The lowest BCUT2D eigenvalue weighted by atomic mass is 10.3. The van der Waals surface area contributed by atoms with Gasteiger partial charge >= 0.3 is 0 Å². The van der Waals surface area contributed by atoms with Crippen LogP contribution in [0, 0.1) is 0 Å². The molecule has 0 fully saturated rings. The van der Waals surface area contributed by atoms with Gasteiger partial charge in [0.2, 0.25) is 0 Å². The quantitative estimate of drug-likeness (QED) is 0.838. The summed E-state index contributed by atoms with van der Waals surface area (Å²) >= 11 is 5.57. The Hall–Kier alpha value is -2.21. The lowest BCUT2D eigenvalue weighted by molar-refractivity contribution is 0.102. The monoisotopic (exact) mass is 249 g/mol.